The Hall–Kier alpha value is -2.04. The minimum atomic E-state index is -0.990. The molecule has 0 atom stereocenters. The monoisotopic (exact) mass is 237 g/mol. The molecule has 0 spiro atoms. The van der Waals surface area contributed by atoms with Crippen LogP contribution in [0.3, 0.4) is 0 Å². The van der Waals surface area contributed by atoms with Crippen LogP contribution in [0.25, 0.3) is 10.9 Å². The lowest BCUT2D eigenvalue weighted by Gasteiger charge is -2.03. The number of methoxy groups -OCH3 is 1. The molecule has 0 aliphatic heterocycles. The fraction of sp³-hybridized carbons (Fsp3) is 0.250. The molecular formula is C12H12FNO3. The summed E-state index contributed by atoms with van der Waals surface area (Å²) in [5.74, 6) is -1.40. The van der Waals surface area contributed by atoms with E-state index in [1.165, 1.54) is 13.2 Å². The van der Waals surface area contributed by atoms with Crippen molar-refractivity contribution >= 4 is 16.9 Å². The van der Waals surface area contributed by atoms with E-state index in [0.29, 0.717) is 22.2 Å². The van der Waals surface area contributed by atoms with Gasteiger partial charge in [-0.15, -0.1) is 0 Å². The molecule has 1 aromatic heterocycles. The van der Waals surface area contributed by atoms with E-state index in [1.54, 1.807) is 13.0 Å². The average molecular weight is 237 g/mol. The Kier molecular flexibility index (Phi) is 2.75. The number of carbonyl (C=O) groups is 1. The maximum atomic E-state index is 14.1. The summed E-state index contributed by atoms with van der Waals surface area (Å²) in [5, 5.41) is 9.11. The van der Waals surface area contributed by atoms with Crippen molar-refractivity contribution in [2.75, 3.05) is 7.11 Å². The van der Waals surface area contributed by atoms with Crippen LogP contribution in [0.1, 0.15) is 11.3 Å². The maximum Gasteiger partial charge on any atom is 0.307 e. The van der Waals surface area contributed by atoms with Gasteiger partial charge < -0.3 is 14.8 Å². The predicted octanol–water partition coefficient (Wildman–Crippen LogP) is 2.25. The highest BCUT2D eigenvalue weighted by Gasteiger charge is 2.17. The van der Waals surface area contributed by atoms with Gasteiger partial charge in [-0.05, 0) is 24.6 Å². The van der Waals surface area contributed by atoms with E-state index < -0.39 is 11.8 Å². The van der Waals surface area contributed by atoms with Crippen molar-refractivity contribution in [1.82, 2.24) is 4.98 Å². The number of aryl methyl sites for hydroxylation is 1. The van der Waals surface area contributed by atoms with E-state index >= 15 is 0 Å². The number of ether oxygens (including phenoxy) is 1. The quantitative estimate of drug-likeness (QED) is 0.860. The number of carboxylic acids is 1. The molecule has 90 valence electrons. The third kappa shape index (κ3) is 1.84. The zero-order valence-corrected chi connectivity index (χ0v) is 9.50. The molecule has 1 heterocycles. The van der Waals surface area contributed by atoms with E-state index in [2.05, 4.69) is 4.98 Å². The molecule has 0 fully saturated rings. The Morgan fingerprint density at radius 3 is 2.82 bits per heavy atom. The summed E-state index contributed by atoms with van der Waals surface area (Å²) in [5.41, 5.74) is 1.70. The van der Waals surface area contributed by atoms with Crippen LogP contribution in [0.5, 0.6) is 5.75 Å². The van der Waals surface area contributed by atoms with Gasteiger partial charge in [-0.1, -0.05) is 0 Å². The normalized spacial score (nSPS) is 10.8. The molecule has 0 radical (unpaired) electrons. The van der Waals surface area contributed by atoms with Crippen molar-refractivity contribution in [2.24, 2.45) is 0 Å². The molecule has 5 heteroatoms. The lowest BCUT2D eigenvalue weighted by Crippen LogP contribution is -2.01. The first-order valence-corrected chi connectivity index (χ1v) is 5.10. The highest BCUT2D eigenvalue weighted by Crippen LogP contribution is 2.30. The Balaban J connectivity index is 2.73. The van der Waals surface area contributed by atoms with Gasteiger partial charge in [0.1, 0.15) is 0 Å². The Morgan fingerprint density at radius 2 is 2.24 bits per heavy atom. The molecule has 17 heavy (non-hydrogen) atoms. The van der Waals surface area contributed by atoms with Gasteiger partial charge in [0.2, 0.25) is 0 Å². The first-order valence-electron chi connectivity index (χ1n) is 5.10. The van der Waals surface area contributed by atoms with Crippen LogP contribution in [-0.4, -0.2) is 23.2 Å². The number of hydrogen-bond donors (Lipinski definition) is 2. The molecule has 0 unspecified atom stereocenters. The van der Waals surface area contributed by atoms with E-state index in [9.17, 15) is 9.18 Å². The summed E-state index contributed by atoms with van der Waals surface area (Å²) in [7, 11) is 1.38. The Labute approximate surface area is 97.0 Å². The van der Waals surface area contributed by atoms with Gasteiger partial charge in [-0.3, -0.25) is 4.79 Å². The minimum Gasteiger partial charge on any atom is -0.494 e. The summed E-state index contributed by atoms with van der Waals surface area (Å²) in [4.78, 5) is 13.7. The second-order valence-electron chi connectivity index (χ2n) is 3.80. The number of halogens is 1. The molecule has 2 rings (SSSR count). The lowest BCUT2D eigenvalue weighted by molar-refractivity contribution is -0.136. The number of aromatic nitrogens is 1. The van der Waals surface area contributed by atoms with Gasteiger partial charge in [0.05, 0.1) is 13.5 Å². The van der Waals surface area contributed by atoms with Crippen molar-refractivity contribution in [1.29, 1.82) is 0 Å². The molecule has 0 bridgehead atoms. The van der Waals surface area contributed by atoms with Crippen LogP contribution in [-0.2, 0) is 11.2 Å². The Morgan fingerprint density at radius 1 is 1.53 bits per heavy atom. The molecule has 2 N–H and O–H groups in total. The van der Waals surface area contributed by atoms with Crippen LogP contribution in [0, 0.1) is 12.7 Å². The summed E-state index contributed by atoms with van der Waals surface area (Å²) in [6, 6.07) is 3.19. The van der Waals surface area contributed by atoms with E-state index in [4.69, 9.17) is 9.84 Å². The Bertz CT molecular complexity index is 589. The zero-order valence-electron chi connectivity index (χ0n) is 9.50. The highest BCUT2D eigenvalue weighted by molar-refractivity contribution is 5.90. The SMILES string of the molecule is COc1ccc2[nH]c(C)c(CC(=O)O)c2c1F. The van der Waals surface area contributed by atoms with Gasteiger partial charge in [0.15, 0.2) is 11.6 Å². The number of aliphatic carboxylic acids is 1. The molecule has 2 aromatic rings. The van der Waals surface area contributed by atoms with Crippen LogP contribution in [0.4, 0.5) is 4.39 Å². The maximum absolute atomic E-state index is 14.1. The van der Waals surface area contributed by atoms with Crippen molar-refractivity contribution in [3.8, 4) is 5.75 Å². The smallest absolute Gasteiger partial charge is 0.307 e. The molecule has 0 amide bonds. The number of aromatic amines is 1. The fourth-order valence-corrected chi connectivity index (χ4v) is 1.95. The number of hydrogen-bond acceptors (Lipinski definition) is 2. The van der Waals surface area contributed by atoms with Crippen molar-refractivity contribution in [3.63, 3.8) is 0 Å². The molecule has 0 aliphatic carbocycles. The number of benzene rings is 1. The largest absolute Gasteiger partial charge is 0.494 e. The first kappa shape index (κ1) is 11.4. The van der Waals surface area contributed by atoms with Gasteiger partial charge >= 0.3 is 5.97 Å². The van der Waals surface area contributed by atoms with Crippen molar-refractivity contribution < 1.29 is 19.0 Å². The fourth-order valence-electron chi connectivity index (χ4n) is 1.95. The van der Waals surface area contributed by atoms with Crippen LogP contribution in [0.15, 0.2) is 12.1 Å². The second kappa shape index (κ2) is 4.08. The number of carboxylic acid groups (broad SMARTS) is 1. The van der Waals surface area contributed by atoms with Gasteiger partial charge in [-0.25, -0.2) is 4.39 Å². The number of fused-ring (bicyclic) bond motifs is 1. The third-order valence-electron chi connectivity index (χ3n) is 2.73. The molecular weight excluding hydrogens is 225 g/mol. The summed E-state index contributed by atoms with van der Waals surface area (Å²) < 4.78 is 18.9. The average Bonchev–Trinajstić information content (AvgIpc) is 2.56. The van der Waals surface area contributed by atoms with Gasteiger partial charge in [0.25, 0.3) is 0 Å². The summed E-state index contributed by atoms with van der Waals surface area (Å²) >= 11 is 0. The molecule has 0 saturated heterocycles. The topological polar surface area (TPSA) is 62.3 Å². The van der Waals surface area contributed by atoms with Crippen LogP contribution >= 0.6 is 0 Å². The lowest BCUT2D eigenvalue weighted by atomic mass is 10.1. The number of H-pyrrole nitrogens is 1. The first-order chi connectivity index (χ1) is 8.04. The summed E-state index contributed by atoms with van der Waals surface area (Å²) in [6.45, 7) is 1.73. The third-order valence-corrected chi connectivity index (χ3v) is 2.73. The summed E-state index contributed by atoms with van der Waals surface area (Å²) in [6.07, 6.45) is -0.212. The van der Waals surface area contributed by atoms with Crippen LogP contribution < -0.4 is 4.74 Å². The highest BCUT2D eigenvalue weighted by atomic mass is 19.1. The second-order valence-corrected chi connectivity index (χ2v) is 3.80. The molecule has 1 aromatic carbocycles. The van der Waals surface area contributed by atoms with Crippen molar-refractivity contribution in [3.05, 3.63) is 29.2 Å². The molecule has 4 nitrogen and oxygen atoms in total. The van der Waals surface area contributed by atoms with Crippen molar-refractivity contribution in [2.45, 2.75) is 13.3 Å². The number of rotatable bonds is 3. The van der Waals surface area contributed by atoms with E-state index in [-0.39, 0.29) is 12.2 Å². The number of nitrogens with one attached hydrogen (secondary N) is 1. The van der Waals surface area contributed by atoms with E-state index in [1.807, 2.05) is 0 Å². The van der Waals surface area contributed by atoms with Gasteiger partial charge in [-0.2, -0.15) is 0 Å². The minimum absolute atomic E-state index is 0.114. The predicted molar refractivity (Wildman–Crippen MR) is 60.9 cm³/mol. The van der Waals surface area contributed by atoms with Gasteiger partial charge in [0, 0.05) is 16.6 Å². The molecule has 0 saturated carbocycles. The molecule has 0 aliphatic rings. The zero-order chi connectivity index (χ0) is 12.6. The van der Waals surface area contributed by atoms with E-state index in [0.717, 1.165) is 0 Å². The standard InChI is InChI=1S/C12H12FNO3/c1-6-7(5-10(15)16)11-8(14-6)3-4-9(17-2)12(11)13/h3-4,14H,5H2,1-2H3,(H,15,16). The van der Waals surface area contributed by atoms with Crippen LogP contribution in [0.2, 0.25) is 0 Å².